The number of carbonyl (C=O) groups excluding carboxylic acids is 1. The maximum atomic E-state index is 13.2. The third-order valence-corrected chi connectivity index (χ3v) is 4.96. The fourth-order valence-electron chi connectivity index (χ4n) is 2.60. The van der Waals surface area contributed by atoms with Crippen molar-refractivity contribution in [1.82, 2.24) is 9.97 Å². The van der Waals surface area contributed by atoms with Crippen LogP contribution in [0.25, 0.3) is 10.2 Å². The van der Waals surface area contributed by atoms with Gasteiger partial charge in [-0.25, -0.2) is 9.37 Å². The van der Waals surface area contributed by atoms with Crippen LogP contribution >= 0.6 is 11.3 Å². The number of benzene rings is 2. The molecule has 4 nitrogen and oxygen atoms in total. The van der Waals surface area contributed by atoms with Gasteiger partial charge in [-0.15, -0.1) is 0 Å². The van der Waals surface area contributed by atoms with Crippen LogP contribution in [0.5, 0.6) is 0 Å². The molecule has 0 aliphatic heterocycles. The highest BCUT2D eigenvalue weighted by molar-refractivity contribution is 7.22. The number of rotatable bonds is 4. The van der Waals surface area contributed by atoms with E-state index in [0.29, 0.717) is 10.7 Å². The highest BCUT2D eigenvalue weighted by Crippen LogP contribution is 2.30. The SMILES string of the molecule is O=C(c1ccc(F)cc1)N(Cc1ccccn1)c1nc2ccccc2s1. The summed E-state index contributed by atoms with van der Waals surface area (Å²) in [6.45, 7) is 0.289. The fourth-order valence-corrected chi connectivity index (χ4v) is 3.57. The summed E-state index contributed by atoms with van der Waals surface area (Å²) in [5.74, 6) is -0.618. The molecule has 0 N–H and O–H groups in total. The van der Waals surface area contributed by atoms with E-state index >= 15 is 0 Å². The second kappa shape index (κ2) is 7.01. The Kier molecular flexibility index (Phi) is 4.41. The number of fused-ring (bicyclic) bond motifs is 1. The van der Waals surface area contributed by atoms with Crippen LogP contribution < -0.4 is 4.90 Å². The van der Waals surface area contributed by atoms with Gasteiger partial charge in [0.25, 0.3) is 5.91 Å². The van der Waals surface area contributed by atoms with E-state index in [1.165, 1.54) is 35.6 Å². The van der Waals surface area contributed by atoms with Gasteiger partial charge >= 0.3 is 0 Å². The van der Waals surface area contributed by atoms with Crippen molar-refractivity contribution in [1.29, 1.82) is 0 Å². The summed E-state index contributed by atoms with van der Waals surface area (Å²) in [6, 6.07) is 18.8. The Morgan fingerprint density at radius 1 is 1.00 bits per heavy atom. The third kappa shape index (κ3) is 3.32. The van der Waals surface area contributed by atoms with E-state index in [9.17, 15) is 9.18 Å². The molecule has 2 heterocycles. The summed E-state index contributed by atoms with van der Waals surface area (Å²) < 4.78 is 14.2. The van der Waals surface area contributed by atoms with E-state index in [1.54, 1.807) is 11.1 Å². The van der Waals surface area contributed by atoms with Crippen molar-refractivity contribution in [2.45, 2.75) is 6.54 Å². The number of nitrogens with zero attached hydrogens (tertiary/aromatic N) is 3. The van der Waals surface area contributed by atoms with Gasteiger partial charge in [0.1, 0.15) is 5.82 Å². The zero-order valence-corrected chi connectivity index (χ0v) is 14.5. The van der Waals surface area contributed by atoms with Crippen molar-refractivity contribution < 1.29 is 9.18 Å². The van der Waals surface area contributed by atoms with Crippen LogP contribution in [-0.2, 0) is 6.54 Å². The molecule has 26 heavy (non-hydrogen) atoms. The molecule has 2 aromatic heterocycles. The first-order valence-electron chi connectivity index (χ1n) is 8.03. The van der Waals surface area contributed by atoms with Crippen LogP contribution in [0.1, 0.15) is 16.1 Å². The molecule has 0 fully saturated rings. The van der Waals surface area contributed by atoms with Gasteiger partial charge in [-0.1, -0.05) is 29.5 Å². The zero-order valence-electron chi connectivity index (χ0n) is 13.7. The second-order valence-electron chi connectivity index (χ2n) is 5.68. The van der Waals surface area contributed by atoms with Gasteiger partial charge in [-0.05, 0) is 48.5 Å². The lowest BCUT2D eigenvalue weighted by molar-refractivity contribution is 0.0985. The number of hydrogen-bond donors (Lipinski definition) is 0. The van der Waals surface area contributed by atoms with Crippen molar-refractivity contribution in [3.05, 3.63) is 90.0 Å². The van der Waals surface area contributed by atoms with Crippen LogP contribution in [0.3, 0.4) is 0 Å². The minimum atomic E-state index is -0.377. The molecule has 0 aliphatic carbocycles. The first-order chi connectivity index (χ1) is 12.7. The Labute approximate surface area is 153 Å². The topological polar surface area (TPSA) is 46.1 Å². The molecule has 0 unspecified atom stereocenters. The van der Waals surface area contributed by atoms with Crippen LogP contribution in [0.15, 0.2) is 72.9 Å². The summed E-state index contributed by atoms with van der Waals surface area (Å²) in [4.78, 5) is 23.6. The Morgan fingerprint density at radius 3 is 2.50 bits per heavy atom. The molecule has 2 aromatic carbocycles. The molecule has 0 spiro atoms. The molecule has 1 amide bonds. The van der Waals surface area contributed by atoms with Crippen molar-refractivity contribution in [2.24, 2.45) is 0 Å². The molecule has 0 saturated heterocycles. The summed E-state index contributed by atoms with van der Waals surface area (Å²) in [7, 11) is 0. The predicted molar refractivity (Wildman–Crippen MR) is 101 cm³/mol. The Morgan fingerprint density at radius 2 is 1.77 bits per heavy atom. The smallest absolute Gasteiger partial charge is 0.260 e. The highest BCUT2D eigenvalue weighted by atomic mass is 32.1. The van der Waals surface area contributed by atoms with E-state index in [4.69, 9.17) is 0 Å². The quantitative estimate of drug-likeness (QED) is 0.529. The highest BCUT2D eigenvalue weighted by Gasteiger charge is 2.22. The predicted octanol–water partition coefficient (Wildman–Crippen LogP) is 4.68. The van der Waals surface area contributed by atoms with E-state index in [2.05, 4.69) is 9.97 Å². The van der Waals surface area contributed by atoms with Crippen LogP contribution in [0.2, 0.25) is 0 Å². The molecule has 0 aliphatic rings. The Balaban J connectivity index is 1.75. The average molecular weight is 363 g/mol. The second-order valence-corrected chi connectivity index (χ2v) is 6.69. The molecule has 0 radical (unpaired) electrons. The standard InChI is InChI=1S/C20H14FN3OS/c21-15-10-8-14(9-11-15)19(25)24(13-16-5-3-4-12-22-16)20-23-17-6-1-2-7-18(17)26-20/h1-12H,13H2. The Hall–Kier alpha value is -3.12. The van der Waals surface area contributed by atoms with Gasteiger partial charge in [0.05, 0.1) is 22.5 Å². The number of hydrogen-bond acceptors (Lipinski definition) is 4. The first kappa shape index (κ1) is 16.4. The number of aromatic nitrogens is 2. The lowest BCUT2D eigenvalue weighted by Crippen LogP contribution is -2.30. The molecule has 0 bridgehead atoms. The van der Waals surface area contributed by atoms with Crippen LogP contribution in [-0.4, -0.2) is 15.9 Å². The normalized spacial score (nSPS) is 10.8. The number of anilines is 1. The van der Waals surface area contributed by atoms with Gasteiger partial charge in [0.15, 0.2) is 5.13 Å². The van der Waals surface area contributed by atoms with Crippen LogP contribution in [0.4, 0.5) is 9.52 Å². The third-order valence-electron chi connectivity index (χ3n) is 3.90. The summed E-state index contributed by atoms with van der Waals surface area (Å²) in [5.41, 5.74) is 1.99. The lowest BCUT2D eigenvalue weighted by Gasteiger charge is -2.19. The van der Waals surface area contributed by atoms with Crippen molar-refractivity contribution in [3.8, 4) is 0 Å². The minimum absolute atomic E-state index is 0.241. The van der Waals surface area contributed by atoms with Gasteiger partial charge in [0.2, 0.25) is 0 Å². The number of thiazole rings is 1. The molecule has 6 heteroatoms. The van der Waals surface area contributed by atoms with Gasteiger partial charge in [0, 0.05) is 11.8 Å². The number of para-hydroxylation sites is 1. The fraction of sp³-hybridized carbons (Fsp3) is 0.0500. The number of carbonyl (C=O) groups is 1. The number of pyridine rings is 1. The lowest BCUT2D eigenvalue weighted by atomic mass is 10.2. The molecular formula is C20H14FN3OS. The number of halogens is 1. The van der Waals surface area contributed by atoms with Crippen molar-refractivity contribution in [2.75, 3.05) is 4.90 Å². The minimum Gasteiger partial charge on any atom is -0.278 e. The van der Waals surface area contributed by atoms with Gasteiger partial charge in [-0.2, -0.15) is 0 Å². The molecule has 0 saturated carbocycles. The summed E-state index contributed by atoms with van der Waals surface area (Å²) >= 11 is 1.44. The zero-order chi connectivity index (χ0) is 17.9. The molecular weight excluding hydrogens is 349 g/mol. The molecule has 4 rings (SSSR count). The van der Waals surface area contributed by atoms with Crippen molar-refractivity contribution in [3.63, 3.8) is 0 Å². The van der Waals surface area contributed by atoms with Crippen LogP contribution in [0, 0.1) is 5.82 Å². The first-order valence-corrected chi connectivity index (χ1v) is 8.85. The van der Waals surface area contributed by atoms with E-state index in [1.807, 2.05) is 42.5 Å². The maximum absolute atomic E-state index is 13.2. The average Bonchev–Trinajstić information content (AvgIpc) is 3.11. The molecule has 4 aromatic rings. The monoisotopic (exact) mass is 363 g/mol. The maximum Gasteiger partial charge on any atom is 0.260 e. The van der Waals surface area contributed by atoms with E-state index < -0.39 is 0 Å². The van der Waals surface area contributed by atoms with Gasteiger partial charge in [-0.3, -0.25) is 14.7 Å². The van der Waals surface area contributed by atoms with E-state index in [-0.39, 0.29) is 18.3 Å². The summed E-state index contributed by atoms with van der Waals surface area (Å²) in [5, 5.41) is 0.589. The van der Waals surface area contributed by atoms with E-state index in [0.717, 1.165) is 15.9 Å². The summed E-state index contributed by atoms with van der Waals surface area (Å²) in [6.07, 6.45) is 1.69. The van der Waals surface area contributed by atoms with Crippen molar-refractivity contribution >= 4 is 32.6 Å². The van der Waals surface area contributed by atoms with Gasteiger partial charge < -0.3 is 0 Å². The molecule has 0 atom stereocenters. The number of amides is 1. The largest absolute Gasteiger partial charge is 0.278 e. The Bertz CT molecular complexity index is 1010. The molecule has 128 valence electrons.